The average Bonchev–Trinajstić information content (AvgIpc) is 2.86. The second-order valence-electron chi connectivity index (χ2n) is 6.09. The van der Waals surface area contributed by atoms with Gasteiger partial charge in [-0.15, -0.1) is 0 Å². The number of anilines is 1. The van der Waals surface area contributed by atoms with Crippen LogP contribution in [0.2, 0.25) is 0 Å². The van der Waals surface area contributed by atoms with Crippen LogP contribution in [-0.2, 0) is 18.3 Å². The highest BCUT2D eigenvalue weighted by atomic mass is 16.1. The Morgan fingerprint density at radius 1 is 1.30 bits per heavy atom. The van der Waals surface area contributed by atoms with Gasteiger partial charge in [0.15, 0.2) is 0 Å². The Hall–Kier alpha value is -2.44. The van der Waals surface area contributed by atoms with E-state index in [0.717, 1.165) is 22.8 Å². The molecule has 0 spiro atoms. The third-order valence-corrected chi connectivity index (χ3v) is 3.90. The molecule has 0 aliphatic carbocycles. The van der Waals surface area contributed by atoms with Crippen molar-refractivity contribution in [1.29, 1.82) is 0 Å². The Morgan fingerprint density at radius 2 is 1.91 bits per heavy atom. The van der Waals surface area contributed by atoms with E-state index in [1.165, 1.54) is 0 Å². The summed E-state index contributed by atoms with van der Waals surface area (Å²) in [5.74, 6) is 1.23. The van der Waals surface area contributed by atoms with Gasteiger partial charge in [-0.05, 0) is 19.8 Å². The monoisotopic (exact) mass is 316 g/mol. The number of carbonyl (C=O) groups is 1. The number of aromatic nitrogens is 4. The number of nitrogens with zero attached hydrogens (tertiary/aromatic N) is 4. The van der Waals surface area contributed by atoms with Gasteiger partial charge in [0, 0.05) is 36.4 Å². The lowest BCUT2D eigenvalue weighted by Gasteiger charge is -2.22. The molecule has 2 aromatic heterocycles. The van der Waals surface area contributed by atoms with Crippen LogP contribution in [0.3, 0.4) is 0 Å². The molecule has 3 N–H and O–H groups in total. The predicted octanol–water partition coefficient (Wildman–Crippen LogP) is 1.47. The Bertz CT molecular complexity index is 683. The number of nitrogens with one attached hydrogen (secondary N) is 1. The Kier molecular flexibility index (Phi) is 4.98. The van der Waals surface area contributed by atoms with Gasteiger partial charge in [-0.1, -0.05) is 13.8 Å². The van der Waals surface area contributed by atoms with Crippen molar-refractivity contribution in [3.8, 4) is 0 Å². The quantitative estimate of drug-likeness (QED) is 0.870. The molecule has 2 rings (SSSR count). The molecule has 7 heteroatoms. The van der Waals surface area contributed by atoms with E-state index < -0.39 is 0 Å². The minimum absolute atomic E-state index is 0.0775. The Balaban J connectivity index is 2.16. The van der Waals surface area contributed by atoms with Gasteiger partial charge in [0.25, 0.3) is 0 Å². The molecule has 0 saturated carbocycles. The molecule has 0 saturated heterocycles. The second kappa shape index (κ2) is 6.76. The van der Waals surface area contributed by atoms with Gasteiger partial charge in [0.1, 0.15) is 5.82 Å². The molecule has 0 unspecified atom stereocenters. The minimum Gasteiger partial charge on any atom is -0.368 e. The molecule has 2 heterocycles. The first kappa shape index (κ1) is 16.9. The number of nitrogen functional groups attached to an aromatic ring is 1. The molecule has 124 valence electrons. The van der Waals surface area contributed by atoms with Gasteiger partial charge < -0.3 is 15.6 Å². The summed E-state index contributed by atoms with van der Waals surface area (Å²) in [5.41, 5.74) is 7.92. The molecule has 23 heavy (non-hydrogen) atoms. The highest BCUT2D eigenvalue weighted by Gasteiger charge is 2.23. The third kappa shape index (κ3) is 3.85. The van der Waals surface area contributed by atoms with E-state index in [0.29, 0.717) is 0 Å². The van der Waals surface area contributed by atoms with Crippen LogP contribution in [0.5, 0.6) is 0 Å². The van der Waals surface area contributed by atoms with Crippen molar-refractivity contribution in [2.45, 2.75) is 40.2 Å². The summed E-state index contributed by atoms with van der Waals surface area (Å²) in [6.07, 6.45) is 3.84. The number of nitrogens with two attached hydrogens (primary N) is 1. The fourth-order valence-corrected chi connectivity index (χ4v) is 2.61. The summed E-state index contributed by atoms with van der Waals surface area (Å²) in [5, 5.41) is 3.07. The lowest BCUT2D eigenvalue weighted by atomic mass is 10.0. The Labute approximate surface area is 136 Å². The first-order valence-electron chi connectivity index (χ1n) is 7.65. The van der Waals surface area contributed by atoms with Crippen molar-refractivity contribution in [3.63, 3.8) is 0 Å². The largest absolute Gasteiger partial charge is 0.368 e. The second-order valence-corrected chi connectivity index (χ2v) is 6.09. The zero-order valence-corrected chi connectivity index (χ0v) is 14.3. The maximum absolute atomic E-state index is 12.5. The molecule has 2 aromatic rings. The van der Waals surface area contributed by atoms with Crippen LogP contribution in [-0.4, -0.2) is 25.4 Å². The number of hydrogen-bond donors (Lipinski definition) is 2. The number of hydrogen-bond acceptors (Lipinski definition) is 5. The normalized spacial score (nSPS) is 12.4. The molecule has 0 bridgehead atoms. The van der Waals surface area contributed by atoms with Gasteiger partial charge in [-0.2, -0.15) is 0 Å². The van der Waals surface area contributed by atoms with Crippen molar-refractivity contribution >= 4 is 11.9 Å². The maximum Gasteiger partial charge on any atom is 0.225 e. The van der Waals surface area contributed by atoms with Crippen LogP contribution in [0.15, 0.2) is 12.4 Å². The number of aryl methyl sites for hydroxylation is 3. The standard InChI is InChI=1S/C16H24N6O/c1-9(2)14(15-18-6-7-22(15)5)21-13(23)8-12-10(3)19-16(17)20-11(12)4/h6-7,9,14H,8H2,1-5H3,(H,21,23)(H2,17,19,20)/t14-/m0/s1. The molecule has 1 amide bonds. The molecule has 1 atom stereocenters. The summed E-state index contributed by atoms with van der Waals surface area (Å²) in [6, 6.07) is -0.141. The van der Waals surface area contributed by atoms with Crippen molar-refractivity contribution in [3.05, 3.63) is 35.2 Å². The molecule has 0 aromatic carbocycles. The zero-order chi connectivity index (χ0) is 17.1. The summed E-state index contributed by atoms with van der Waals surface area (Å²) < 4.78 is 1.92. The Morgan fingerprint density at radius 3 is 2.39 bits per heavy atom. The van der Waals surface area contributed by atoms with Crippen LogP contribution in [0.25, 0.3) is 0 Å². The SMILES string of the molecule is Cc1nc(N)nc(C)c1CC(=O)N[C@H](c1nccn1C)C(C)C. The topological polar surface area (TPSA) is 98.7 Å². The van der Waals surface area contributed by atoms with E-state index in [1.807, 2.05) is 31.7 Å². The van der Waals surface area contributed by atoms with Crippen LogP contribution in [0, 0.1) is 19.8 Å². The molecule has 0 fully saturated rings. The van der Waals surface area contributed by atoms with Crippen molar-refractivity contribution in [1.82, 2.24) is 24.8 Å². The molecule has 7 nitrogen and oxygen atoms in total. The smallest absolute Gasteiger partial charge is 0.225 e. The van der Waals surface area contributed by atoms with E-state index in [2.05, 4.69) is 34.1 Å². The van der Waals surface area contributed by atoms with Gasteiger partial charge in [-0.25, -0.2) is 15.0 Å². The van der Waals surface area contributed by atoms with E-state index in [1.54, 1.807) is 6.20 Å². The lowest BCUT2D eigenvalue weighted by Crippen LogP contribution is -2.34. The van der Waals surface area contributed by atoms with Gasteiger partial charge in [-0.3, -0.25) is 4.79 Å². The summed E-state index contributed by atoms with van der Waals surface area (Å²) in [6.45, 7) is 7.80. The fraction of sp³-hybridized carbons (Fsp3) is 0.500. The van der Waals surface area contributed by atoms with Gasteiger partial charge in [0.05, 0.1) is 12.5 Å². The average molecular weight is 316 g/mol. The van der Waals surface area contributed by atoms with E-state index in [-0.39, 0.29) is 30.2 Å². The number of imidazole rings is 1. The van der Waals surface area contributed by atoms with Crippen molar-refractivity contribution in [2.24, 2.45) is 13.0 Å². The fourth-order valence-electron chi connectivity index (χ4n) is 2.61. The molecular formula is C16H24N6O. The van der Waals surface area contributed by atoms with Crippen molar-refractivity contribution in [2.75, 3.05) is 5.73 Å². The predicted molar refractivity (Wildman–Crippen MR) is 88.6 cm³/mol. The molecule has 0 aliphatic heterocycles. The molecule has 0 aliphatic rings. The first-order chi connectivity index (χ1) is 10.8. The highest BCUT2D eigenvalue weighted by molar-refractivity contribution is 5.79. The number of amides is 1. The molecule has 0 radical (unpaired) electrons. The minimum atomic E-state index is -0.141. The van der Waals surface area contributed by atoms with Crippen LogP contribution < -0.4 is 11.1 Å². The van der Waals surface area contributed by atoms with E-state index >= 15 is 0 Å². The van der Waals surface area contributed by atoms with Gasteiger partial charge >= 0.3 is 0 Å². The number of carbonyl (C=O) groups excluding carboxylic acids is 1. The molecular weight excluding hydrogens is 292 g/mol. The summed E-state index contributed by atoms with van der Waals surface area (Å²) in [7, 11) is 1.92. The van der Waals surface area contributed by atoms with Crippen molar-refractivity contribution < 1.29 is 4.79 Å². The lowest BCUT2D eigenvalue weighted by molar-refractivity contribution is -0.121. The first-order valence-corrected chi connectivity index (χ1v) is 7.65. The van der Waals surface area contributed by atoms with Crippen LogP contribution in [0.1, 0.15) is 42.7 Å². The van der Waals surface area contributed by atoms with Crippen LogP contribution in [0.4, 0.5) is 5.95 Å². The van der Waals surface area contributed by atoms with E-state index in [4.69, 9.17) is 5.73 Å². The third-order valence-electron chi connectivity index (χ3n) is 3.90. The summed E-state index contributed by atoms with van der Waals surface area (Å²) in [4.78, 5) is 25.1. The highest BCUT2D eigenvalue weighted by Crippen LogP contribution is 2.20. The number of rotatable bonds is 5. The summed E-state index contributed by atoms with van der Waals surface area (Å²) >= 11 is 0. The van der Waals surface area contributed by atoms with E-state index in [9.17, 15) is 4.79 Å². The van der Waals surface area contributed by atoms with Crippen LogP contribution >= 0.6 is 0 Å². The zero-order valence-electron chi connectivity index (χ0n) is 14.3. The maximum atomic E-state index is 12.5. The van der Waals surface area contributed by atoms with Gasteiger partial charge in [0.2, 0.25) is 11.9 Å².